The summed E-state index contributed by atoms with van der Waals surface area (Å²) < 4.78 is 26.2. The predicted molar refractivity (Wildman–Crippen MR) is 121 cm³/mol. The number of carboxylic acid groups (broad SMARTS) is 1. The highest BCUT2D eigenvalue weighted by molar-refractivity contribution is 7.89. The van der Waals surface area contributed by atoms with E-state index in [4.69, 9.17) is 5.11 Å². The molecule has 2 aromatic rings. The molecule has 9 nitrogen and oxygen atoms in total. The first-order valence-electron chi connectivity index (χ1n) is 10.9. The SMILES string of the molecule is O=C(O)CCS(=O)(=O)N1CCCC(C(=O)N2CCN(c3ccnc4ccccc34)CC2)C1. The number of carbonyl (C=O) groups excluding carboxylic acids is 1. The molecule has 2 aliphatic rings. The first-order valence-corrected chi connectivity index (χ1v) is 12.5. The fraction of sp³-hybridized carbons (Fsp3) is 0.500. The number of benzene rings is 1. The molecule has 3 heterocycles. The number of anilines is 1. The lowest BCUT2D eigenvalue weighted by molar-refractivity contribution is -0.137. The van der Waals surface area contributed by atoms with E-state index in [1.807, 2.05) is 29.2 Å². The molecule has 2 saturated heterocycles. The Kier molecular flexibility index (Phi) is 6.61. The van der Waals surface area contributed by atoms with Crippen molar-refractivity contribution in [1.29, 1.82) is 0 Å². The van der Waals surface area contributed by atoms with Gasteiger partial charge in [0.15, 0.2) is 0 Å². The molecule has 0 aliphatic carbocycles. The van der Waals surface area contributed by atoms with Crippen molar-refractivity contribution < 1.29 is 23.1 Å². The first kappa shape index (κ1) is 22.5. The zero-order valence-electron chi connectivity index (χ0n) is 17.9. The summed E-state index contributed by atoms with van der Waals surface area (Å²) in [6.45, 7) is 3.04. The van der Waals surface area contributed by atoms with Crippen LogP contribution in [0.15, 0.2) is 36.5 Å². The molecular formula is C22H28N4O5S. The van der Waals surface area contributed by atoms with E-state index in [-0.39, 0.29) is 18.4 Å². The summed E-state index contributed by atoms with van der Waals surface area (Å²) in [4.78, 5) is 32.4. The number of rotatable bonds is 6. The number of sulfonamides is 1. The van der Waals surface area contributed by atoms with Crippen LogP contribution in [0.2, 0.25) is 0 Å². The largest absolute Gasteiger partial charge is 0.481 e. The molecule has 1 aromatic carbocycles. The highest BCUT2D eigenvalue weighted by atomic mass is 32.2. The number of hydrogen-bond acceptors (Lipinski definition) is 6. The Hall–Kier alpha value is -2.72. The van der Waals surface area contributed by atoms with Crippen molar-refractivity contribution in [3.8, 4) is 0 Å². The second-order valence-electron chi connectivity index (χ2n) is 8.32. The Labute approximate surface area is 187 Å². The number of pyridine rings is 1. The van der Waals surface area contributed by atoms with Crippen molar-refractivity contribution >= 4 is 38.5 Å². The van der Waals surface area contributed by atoms with Crippen LogP contribution < -0.4 is 4.90 Å². The zero-order valence-corrected chi connectivity index (χ0v) is 18.7. The summed E-state index contributed by atoms with van der Waals surface area (Å²) in [5, 5.41) is 9.88. The van der Waals surface area contributed by atoms with Gasteiger partial charge in [0, 0.05) is 56.5 Å². The molecule has 0 radical (unpaired) electrons. The maximum Gasteiger partial charge on any atom is 0.304 e. The third kappa shape index (κ3) is 4.86. The number of aromatic nitrogens is 1. The molecule has 1 unspecified atom stereocenters. The summed E-state index contributed by atoms with van der Waals surface area (Å²) in [5.41, 5.74) is 2.05. The van der Waals surface area contributed by atoms with Gasteiger partial charge in [-0.25, -0.2) is 12.7 Å². The lowest BCUT2D eigenvalue weighted by Gasteiger charge is -2.39. The number of fused-ring (bicyclic) bond motifs is 1. The molecule has 0 saturated carbocycles. The van der Waals surface area contributed by atoms with Crippen molar-refractivity contribution in [2.24, 2.45) is 5.92 Å². The molecule has 4 rings (SSSR count). The third-order valence-corrected chi connectivity index (χ3v) is 8.10. The van der Waals surface area contributed by atoms with Crippen molar-refractivity contribution in [2.45, 2.75) is 19.3 Å². The van der Waals surface area contributed by atoms with Crippen LogP contribution in [0.4, 0.5) is 5.69 Å². The fourth-order valence-corrected chi connectivity index (χ4v) is 6.03. The Morgan fingerprint density at radius 2 is 1.81 bits per heavy atom. The lowest BCUT2D eigenvalue weighted by atomic mass is 9.97. The van der Waals surface area contributed by atoms with E-state index in [2.05, 4.69) is 16.0 Å². The van der Waals surface area contributed by atoms with Gasteiger partial charge >= 0.3 is 5.97 Å². The highest BCUT2D eigenvalue weighted by Crippen LogP contribution is 2.27. The van der Waals surface area contributed by atoms with Crippen LogP contribution in [0.3, 0.4) is 0 Å². The Morgan fingerprint density at radius 1 is 1.06 bits per heavy atom. The molecule has 2 fully saturated rings. The van der Waals surface area contributed by atoms with Crippen molar-refractivity contribution in [1.82, 2.24) is 14.2 Å². The van der Waals surface area contributed by atoms with Crippen LogP contribution in [-0.4, -0.2) is 84.6 Å². The number of piperidine rings is 1. The second kappa shape index (κ2) is 9.41. The van der Waals surface area contributed by atoms with Gasteiger partial charge < -0.3 is 14.9 Å². The molecule has 1 amide bonds. The lowest BCUT2D eigenvalue weighted by Crippen LogP contribution is -2.53. The quantitative estimate of drug-likeness (QED) is 0.694. The van der Waals surface area contributed by atoms with E-state index in [1.165, 1.54) is 4.31 Å². The van der Waals surface area contributed by atoms with Gasteiger partial charge in [0.25, 0.3) is 0 Å². The van der Waals surface area contributed by atoms with E-state index in [0.29, 0.717) is 45.6 Å². The number of carbonyl (C=O) groups is 2. The summed E-state index contributed by atoms with van der Waals surface area (Å²) >= 11 is 0. The molecule has 0 bridgehead atoms. The molecular weight excluding hydrogens is 432 g/mol. The van der Waals surface area contributed by atoms with Crippen molar-refractivity contribution in [3.05, 3.63) is 36.5 Å². The molecule has 1 atom stereocenters. The number of carboxylic acids is 1. The summed E-state index contributed by atoms with van der Waals surface area (Å²) in [5.74, 6) is -1.96. The van der Waals surface area contributed by atoms with Gasteiger partial charge in [0.05, 0.1) is 23.6 Å². The monoisotopic (exact) mass is 460 g/mol. The molecule has 1 aromatic heterocycles. The molecule has 0 spiro atoms. The second-order valence-corrected chi connectivity index (χ2v) is 10.4. The number of hydrogen-bond donors (Lipinski definition) is 1. The topological polar surface area (TPSA) is 111 Å². The number of para-hydroxylation sites is 1. The average molecular weight is 461 g/mol. The Balaban J connectivity index is 1.37. The summed E-state index contributed by atoms with van der Waals surface area (Å²) in [6, 6.07) is 9.99. The van der Waals surface area contributed by atoms with Crippen LogP contribution in [0, 0.1) is 5.92 Å². The summed E-state index contributed by atoms with van der Waals surface area (Å²) in [7, 11) is -3.67. The predicted octanol–water partition coefficient (Wildman–Crippen LogP) is 1.40. The normalized spacial score (nSPS) is 20.4. The molecule has 32 heavy (non-hydrogen) atoms. The van der Waals surface area contributed by atoms with E-state index in [9.17, 15) is 18.0 Å². The maximum atomic E-state index is 13.1. The van der Waals surface area contributed by atoms with E-state index in [1.54, 1.807) is 6.20 Å². The van der Waals surface area contributed by atoms with Gasteiger partial charge in [-0.15, -0.1) is 0 Å². The standard InChI is InChI=1S/C22H28N4O5S/c27-21(28)8-15-32(30,31)26-10-3-4-17(16-26)22(29)25-13-11-24(12-14-25)20-7-9-23-19-6-2-1-5-18(19)20/h1-2,5-7,9,17H,3-4,8,10-16H2,(H,27,28). The third-order valence-electron chi connectivity index (χ3n) is 6.26. The molecule has 2 aliphatic heterocycles. The minimum Gasteiger partial charge on any atom is -0.481 e. The molecule has 172 valence electrons. The number of piperazine rings is 1. The average Bonchev–Trinajstić information content (AvgIpc) is 2.82. The Bertz CT molecular complexity index is 1090. The number of aliphatic carboxylic acids is 1. The van der Waals surface area contributed by atoms with Gasteiger partial charge in [-0.1, -0.05) is 18.2 Å². The van der Waals surface area contributed by atoms with Crippen LogP contribution >= 0.6 is 0 Å². The highest BCUT2D eigenvalue weighted by Gasteiger charge is 2.35. The van der Waals surface area contributed by atoms with Crippen LogP contribution in [0.1, 0.15) is 19.3 Å². The smallest absolute Gasteiger partial charge is 0.304 e. The number of nitrogens with zero attached hydrogens (tertiary/aromatic N) is 4. The van der Waals surface area contributed by atoms with Gasteiger partial charge in [0.1, 0.15) is 0 Å². The van der Waals surface area contributed by atoms with E-state index < -0.39 is 28.2 Å². The van der Waals surface area contributed by atoms with Crippen LogP contribution in [0.5, 0.6) is 0 Å². The maximum absolute atomic E-state index is 13.1. The van der Waals surface area contributed by atoms with Crippen molar-refractivity contribution in [2.75, 3.05) is 49.9 Å². The van der Waals surface area contributed by atoms with Crippen molar-refractivity contribution in [3.63, 3.8) is 0 Å². The minimum atomic E-state index is -3.67. The van der Waals surface area contributed by atoms with E-state index in [0.717, 1.165) is 16.6 Å². The Morgan fingerprint density at radius 3 is 2.56 bits per heavy atom. The zero-order chi connectivity index (χ0) is 22.7. The fourth-order valence-electron chi connectivity index (χ4n) is 4.52. The first-order chi connectivity index (χ1) is 15.3. The number of amides is 1. The minimum absolute atomic E-state index is 0.0117. The van der Waals surface area contributed by atoms with Crippen LogP contribution in [0.25, 0.3) is 10.9 Å². The van der Waals surface area contributed by atoms with E-state index >= 15 is 0 Å². The molecule has 10 heteroatoms. The van der Waals surface area contributed by atoms with Gasteiger partial charge in [0.2, 0.25) is 15.9 Å². The van der Waals surface area contributed by atoms with Gasteiger partial charge in [-0.2, -0.15) is 0 Å². The van der Waals surface area contributed by atoms with Gasteiger partial charge in [-0.3, -0.25) is 14.6 Å². The summed E-state index contributed by atoms with van der Waals surface area (Å²) in [6.07, 6.45) is 2.63. The van der Waals surface area contributed by atoms with Crippen LogP contribution in [-0.2, 0) is 19.6 Å². The molecule has 1 N–H and O–H groups in total. The van der Waals surface area contributed by atoms with Gasteiger partial charge in [-0.05, 0) is 25.0 Å².